The van der Waals surface area contributed by atoms with E-state index in [1.807, 2.05) is 30.3 Å². The molecule has 0 bridgehead atoms. The molecule has 0 aromatic heterocycles. The van der Waals surface area contributed by atoms with Gasteiger partial charge in [0.25, 0.3) is 0 Å². The van der Waals surface area contributed by atoms with Gasteiger partial charge in [-0.3, -0.25) is 0 Å². The molecule has 0 N–H and O–H groups in total. The van der Waals surface area contributed by atoms with E-state index in [0.717, 1.165) is 37.0 Å². The van der Waals surface area contributed by atoms with Crippen LogP contribution in [0.3, 0.4) is 0 Å². The summed E-state index contributed by atoms with van der Waals surface area (Å²) in [6.45, 7) is 0.881. The predicted molar refractivity (Wildman–Crippen MR) is 97.6 cm³/mol. The van der Waals surface area contributed by atoms with Crippen molar-refractivity contribution in [2.24, 2.45) is 5.92 Å². The van der Waals surface area contributed by atoms with Crippen molar-refractivity contribution >= 4 is 0 Å². The van der Waals surface area contributed by atoms with E-state index in [1.54, 1.807) is 6.42 Å². The van der Waals surface area contributed by atoms with Gasteiger partial charge in [-0.05, 0) is 48.9 Å². The molecule has 5 heteroatoms. The molecule has 1 heterocycles. The van der Waals surface area contributed by atoms with Crippen LogP contribution in [0, 0.1) is 35.3 Å². The maximum absolute atomic E-state index is 13.6. The van der Waals surface area contributed by atoms with Crippen LogP contribution in [-0.4, -0.2) is 19.5 Å². The molecule has 3 nitrogen and oxygen atoms in total. The van der Waals surface area contributed by atoms with Gasteiger partial charge >= 0.3 is 0 Å². The van der Waals surface area contributed by atoms with Crippen LogP contribution in [0.2, 0.25) is 0 Å². The molecule has 0 saturated carbocycles. The minimum Gasteiger partial charge on any atom is -0.353 e. The molecule has 3 atom stereocenters. The number of nitriles is 1. The first-order chi connectivity index (χ1) is 13.2. The van der Waals surface area contributed by atoms with Gasteiger partial charge in [0.2, 0.25) is 0 Å². The van der Waals surface area contributed by atoms with Crippen molar-refractivity contribution in [2.45, 2.75) is 31.5 Å². The van der Waals surface area contributed by atoms with Crippen molar-refractivity contribution in [3.63, 3.8) is 0 Å². The van der Waals surface area contributed by atoms with Crippen LogP contribution in [0.5, 0.6) is 0 Å². The Kier molecular flexibility index (Phi) is 6.92. The second-order valence-corrected chi connectivity index (χ2v) is 6.64. The lowest BCUT2D eigenvalue weighted by Gasteiger charge is -2.27. The van der Waals surface area contributed by atoms with Gasteiger partial charge in [-0.25, -0.2) is 8.78 Å². The van der Waals surface area contributed by atoms with E-state index in [-0.39, 0.29) is 18.8 Å². The number of hydrogen-bond acceptors (Lipinski definition) is 3. The van der Waals surface area contributed by atoms with Crippen LogP contribution < -0.4 is 0 Å². The van der Waals surface area contributed by atoms with Gasteiger partial charge in [0.05, 0.1) is 18.6 Å². The molecule has 3 unspecified atom stereocenters. The summed E-state index contributed by atoms with van der Waals surface area (Å²) in [5, 5.41) is 9.74. The van der Waals surface area contributed by atoms with E-state index < -0.39 is 17.6 Å². The molecule has 27 heavy (non-hydrogen) atoms. The molecule has 1 aliphatic rings. The topological polar surface area (TPSA) is 42.2 Å². The lowest BCUT2D eigenvalue weighted by atomic mass is 9.82. The van der Waals surface area contributed by atoms with Crippen LogP contribution in [0.25, 0.3) is 0 Å². The maximum Gasteiger partial charge on any atom is 0.159 e. The third kappa shape index (κ3) is 5.35. The highest BCUT2D eigenvalue weighted by Gasteiger charge is 2.26. The van der Waals surface area contributed by atoms with Gasteiger partial charge in [-0.1, -0.05) is 36.4 Å². The first-order valence-electron chi connectivity index (χ1n) is 9.15. The largest absolute Gasteiger partial charge is 0.353 e. The summed E-state index contributed by atoms with van der Waals surface area (Å²) in [7, 11) is 0. The summed E-state index contributed by atoms with van der Waals surface area (Å²) in [5.74, 6) is -2.59. The number of hydrogen-bond donors (Lipinski definition) is 0. The molecular weight excluding hydrogens is 348 g/mol. The second kappa shape index (κ2) is 9.59. The Morgan fingerprint density at radius 2 is 1.96 bits per heavy atom. The standard InChI is InChI=1S/C22H22F2NO2/c23-20-10-9-16(13-21(20)24)12-19(17-6-2-1-3-7-17)18(14-25)15-27-22-8-4-5-11-26-22/h1-3,6-7,9-10,12-13,18-19,22H,4-5,8,11,15H2. The van der Waals surface area contributed by atoms with Crippen LogP contribution in [0.4, 0.5) is 8.78 Å². The molecule has 3 rings (SSSR count). The Morgan fingerprint density at radius 3 is 2.63 bits per heavy atom. The Bertz CT molecular complexity index is 770. The first kappa shape index (κ1) is 19.5. The maximum atomic E-state index is 13.6. The van der Waals surface area contributed by atoms with Gasteiger partial charge in [0.1, 0.15) is 0 Å². The van der Waals surface area contributed by atoms with Crippen molar-refractivity contribution < 1.29 is 18.3 Å². The van der Waals surface area contributed by atoms with E-state index in [4.69, 9.17) is 9.47 Å². The quantitative estimate of drug-likeness (QED) is 0.690. The number of rotatable bonds is 7. The van der Waals surface area contributed by atoms with Crippen LogP contribution in [0.15, 0.2) is 48.5 Å². The zero-order valence-electron chi connectivity index (χ0n) is 15.0. The fraction of sp³-hybridized carbons (Fsp3) is 0.364. The number of nitrogens with zero attached hydrogens (tertiary/aromatic N) is 1. The Hall–Kier alpha value is -2.29. The van der Waals surface area contributed by atoms with Crippen molar-refractivity contribution in [1.82, 2.24) is 0 Å². The smallest absolute Gasteiger partial charge is 0.159 e. The van der Waals surface area contributed by atoms with Crippen LogP contribution >= 0.6 is 0 Å². The summed E-state index contributed by atoms with van der Waals surface area (Å²) < 4.78 is 38.2. The minimum atomic E-state index is -0.907. The molecule has 1 aliphatic heterocycles. The van der Waals surface area contributed by atoms with E-state index in [1.165, 1.54) is 6.07 Å². The monoisotopic (exact) mass is 370 g/mol. The Balaban J connectivity index is 1.77. The molecule has 2 aromatic rings. The predicted octanol–water partition coefficient (Wildman–Crippen LogP) is 4.98. The third-order valence-corrected chi connectivity index (χ3v) is 4.70. The van der Waals surface area contributed by atoms with E-state index in [2.05, 4.69) is 6.07 Å². The summed E-state index contributed by atoms with van der Waals surface area (Å²) in [6.07, 6.45) is 4.40. The number of halogens is 2. The molecule has 1 radical (unpaired) electrons. The lowest BCUT2D eigenvalue weighted by Crippen LogP contribution is -2.27. The normalized spacial score (nSPS) is 19.2. The molecule has 1 saturated heterocycles. The Morgan fingerprint density at radius 1 is 1.15 bits per heavy atom. The number of benzene rings is 2. The van der Waals surface area contributed by atoms with Crippen LogP contribution in [-0.2, 0) is 9.47 Å². The number of ether oxygens (including phenoxy) is 2. The zero-order chi connectivity index (χ0) is 19.1. The molecule has 0 aliphatic carbocycles. The highest BCUT2D eigenvalue weighted by molar-refractivity contribution is 5.34. The molecule has 0 spiro atoms. The fourth-order valence-electron chi connectivity index (χ4n) is 3.22. The van der Waals surface area contributed by atoms with Gasteiger partial charge in [0.15, 0.2) is 17.9 Å². The lowest BCUT2D eigenvalue weighted by molar-refractivity contribution is -0.166. The SMILES string of the molecule is N#CC(COC1CCCCO1)C([CH]c1ccc(F)c(F)c1)c1ccccc1. The minimum absolute atomic E-state index is 0.209. The highest BCUT2D eigenvalue weighted by Crippen LogP contribution is 2.31. The summed E-state index contributed by atoms with van der Waals surface area (Å²) >= 11 is 0. The third-order valence-electron chi connectivity index (χ3n) is 4.70. The van der Waals surface area contributed by atoms with Gasteiger partial charge < -0.3 is 9.47 Å². The van der Waals surface area contributed by atoms with Crippen molar-refractivity contribution in [3.8, 4) is 6.07 Å². The van der Waals surface area contributed by atoms with Gasteiger partial charge in [-0.15, -0.1) is 0 Å². The van der Waals surface area contributed by atoms with Gasteiger partial charge in [0, 0.05) is 12.5 Å². The zero-order valence-corrected chi connectivity index (χ0v) is 15.0. The van der Waals surface area contributed by atoms with E-state index >= 15 is 0 Å². The average Bonchev–Trinajstić information content (AvgIpc) is 2.71. The molecular formula is C22H22F2NO2. The van der Waals surface area contributed by atoms with Gasteiger partial charge in [-0.2, -0.15) is 5.26 Å². The summed E-state index contributed by atoms with van der Waals surface area (Å²) in [4.78, 5) is 0. The van der Waals surface area contributed by atoms with Crippen molar-refractivity contribution in [3.05, 3.63) is 77.7 Å². The average molecular weight is 370 g/mol. The second-order valence-electron chi connectivity index (χ2n) is 6.64. The highest BCUT2D eigenvalue weighted by atomic mass is 19.2. The van der Waals surface area contributed by atoms with Crippen molar-refractivity contribution in [2.75, 3.05) is 13.2 Å². The van der Waals surface area contributed by atoms with E-state index in [9.17, 15) is 14.0 Å². The fourth-order valence-corrected chi connectivity index (χ4v) is 3.22. The van der Waals surface area contributed by atoms with Crippen LogP contribution in [0.1, 0.15) is 36.3 Å². The van der Waals surface area contributed by atoms with E-state index in [0.29, 0.717) is 12.2 Å². The summed E-state index contributed by atoms with van der Waals surface area (Å²) in [5.41, 5.74) is 1.44. The molecule has 1 fully saturated rings. The summed E-state index contributed by atoms with van der Waals surface area (Å²) in [6, 6.07) is 15.6. The Labute approximate surface area is 158 Å². The first-order valence-corrected chi connectivity index (χ1v) is 9.15. The molecule has 2 aromatic carbocycles. The molecule has 0 amide bonds. The molecule has 141 valence electrons. The van der Waals surface area contributed by atoms with Crippen molar-refractivity contribution in [1.29, 1.82) is 5.26 Å².